The first kappa shape index (κ1) is 21.9. The van der Waals surface area contributed by atoms with Crippen LogP contribution in [0.4, 0.5) is 10.5 Å². The summed E-state index contributed by atoms with van der Waals surface area (Å²) in [5, 5.41) is 7.68. The Bertz CT molecular complexity index is 826. The summed E-state index contributed by atoms with van der Waals surface area (Å²) in [5.74, 6) is 0.0377. The van der Waals surface area contributed by atoms with Gasteiger partial charge in [0.15, 0.2) is 0 Å². The Hall–Kier alpha value is -3.39. The molecule has 0 radical (unpaired) electrons. The summed E-state index contributed by atoms with van der Waals surface area (Å²) in [6, 6.07) is 15.9. The summed E-state index contributed by atoms with van der Waals surface area (Å²) in [7, 11) is 3.29. The van der Waals surface area contributed by atoms with Gasteiger partial charge >= 0.3 is 6.03 Å². The monoisotopic (exact) mass is 398 g/mol. The maximum atomic E-state index is 12.1. The third-order valence-corrected chi connectivity index (χ3v) is 4.04. The molecule has 0 spiro atoms. The maximum absolute atomic E-state index is 12.1. The summed E-state index contributed by atoms with van der Waals surface area (Å²) in [5.41, 5.74) is 1.58. The van der Waals surface area contributed by atoms with E-state index in [-0.39, 0.29) is 18.9 Å². The number of carbonyl (C=O) groups is 3. The van der Waals surface area contributed by atoms with Gasteiger partial charge in [-0.2, -0.15) is 0 Å². The van der Waals surface area contributed by atoms with Crippen molar-refractivity contribution < 1.29 is 19.1 Å². The molecule has 29 heavy (non-hydrogen) atoms. The average molecular weight is 398 g/mol. The molecule has 0 atom stereocenters. The number of anilines is 1. The van der Waals surface area contributed by atoms with Crippen molar-refractivity contribution in [3.63, 3.8) is 0 Å². The molecule has 0 heterocycles. The van der Waals surface area contributed by atoms with Gasteiger partial charge in [0, 0.05) is 31.3 Å². The summed E-state index contributed by atoms with van der Waals surface area (Å²) < 4.78 is 5.12. The van der Waals surface area contributed by atoms with Crippen molar-refractivity contribution in [3.8, 4) is 5.75 Å². The second-order valence-corrected chi connectivity index (χ2v) is 6.48. The van der Waals surface area contributed by atoms with E-state index >= 15 is 0 Å². The Morgan fingerprint density at radius 3 is 2.48 bits per heavy atom. The molecule has 4 amide bonds. The van der Waals surface area contributed by atoms with Crippen molar-refractivity contribution in [1.82, 2.24) is 15.5 Å². The highest BCUT2D eigenvalue weighted by atomic mass is 16.5. The number of hydrogen-bond acceptors (Lipinski definition) is 5. The molecule has 0 saturated carbocycles. The Balaban J connectivity index is 1.65. The van der Waals surface area contributed by atoms with Crippen LogP contribution in [0.1, 0.15) is 12.0 Å². The molecule has 2 rings (SSSR count). The normalized spacial score (nSPS) is 10.3. The molecule has 8 heteroatoms. The van der Waals surface area contributed by atoms with E-state index in [1.54, 1.807) is 43.3 Å². The average Bonchev–Trinajstić information content (AvgIpc) is 2.71. The van der Waals surface area contributed by atoms with E-state index in [1.165, 1.54) is 0 Å². The van der Waals surface area contributed by atoms with Crippen LogP contribution in [0, 0.1) is 0 Å². The largest absolute Gasteiger partial charge is 0.497 e. The van der Waals surface area contributed by atoms with Gasteiger partial charge in [-0.05, 0) is 24.7 Å². The number of carbonyl (C=O) groups excluding carboxylic acids is 3. The smallest absolute Gasteiger partial charge is 0.321 e. The van der Waals surface area contributed by atoms with Crippen molar-refractivity contribution in [2.45, 2.75) is 13.0 Å². The SMILES string of the molecule is COc1cccc(NC(=O)CN(C)CCC(=O)NC(=O)NCc2ccccc2)c1. The number of nitrogens with one attached hydrogen (secondary N) is 3. The van der Waals surface area contributed by atoms with E-state index < -0.39 is 11.9 Å². The third-order valence-electron chi connectivity index (χ3n) is 4.04. The topological polar surface area (TPSA) is 99.8 Å². The van der Waals surface area contributed by atoms with Gasteiger partial charge in [0.1, 0.15) is 5.75 Å². The maximum Gasteiger partial charge on any atom is 0.321 e. The molecule has 0 aliphatic heterocycles. The molecule has 0 saturated heterocycles. The van der Waals surface area contributed by atoms with Crippen molar-refractivity contribution in [3.05, 3.63) is 60.2 Å². The van der Waals surface area contributed by atoms with Crippen LogP contribution in [0.25, 0.3) is 0 Å². The van der Waals surface area contributed by atoms with Crippen LogP contribution in [-0.4, -0.2) is 50.0 Å². The number of rotatable bonds is 9. The van der Waals surface area contributed by atoms with E-state index in [1.807, 2.05) is 30.3 Å². The van der Waals surface area contributed by atoms with Gasteiger partial charge in [-0.15, -0.1) is 0 Å². The first-order valence-electron chi connectivity index (χ1n) is 9.20. The standard InChI is InChI=1S/C21H26N4O4/c1-25(15-20(27)23-17-9-6-10-18(13-17)29-2)12-11-19(26)24-21(28)22-14-16-7-4-3-5-8-16/h3-10,13H,11-12,14-15H2,1-2H3,(H,23,27)(H2,22,24,26,28). The molecule has 0 aromatic heterocycles. The van der Waals surface area contributed by atoms with Gasteiger partial charge < -0.3 is 15.4 Å². The van der Waals surface area contributed by atoms with Crippen LogP contribution in [-0.2, 0) is 16.1 Å². The van der Waals surface area contributed by atoms with Crippen LogP contribution in [0.2, 0.25) is 0 Å². The predicted molar refractivity (Wildman–Crippen MR) is 111 cm³/mol. The number of methoxy groups -OCH3 is 1. The Labute approximate surface area is 170 Å². The van der Waals surface area contributed by atoms with Gasteiger partial charge in [0.25, 0.3) is 0 Å². The van der Waals surface area contributed by atoms with Crippen LogP contribution < -0.4 is 20.7 Å². The molecule has 0 aliphatic rings. The lowest BCUT2D eigenvalue weighted by atomic mass is 10.2. The fraction of sp³-hybridized carbons (Fsp3) is 0.286. The van der Waals surface area contributed by atoms with Crippen molar-refractivity contribution in [1.29, 1.82) is 0 Å². The van der Waals surface area contributed by atoms with Crippen molar-refractivity contribution in [2.75, 3.05) is 32.6 Å². The van der Waals surface area contributed by atoms with Crippen LogP contribution in [0.3, 0.4) is 0 Å². The highest BCUT2D eigenvalue weighted by Gasteiger charge is 2.11. The number of urea groups is 1. The number of ether oxygens (including phenoxy) is 1. The van der Waals surface area contributed by atoms with Gasteiger partial charge in [-0.1, -0.05) is 36.4 Å². The first-order valence-corrected chi connectivity index (χ1v) is 9.20. The molecule has 8 nitrogen and oxygen atoms in total. The lowest BCUT2D eigenvalue weighted by Crippen LogP contribution is -2.40. The van der Waals surface area contributed by atoms with Gasteiger partial charge in [-0.3, -0.25) is 19.8 Å². The zero-order chi connectivity index (χ0) is 21.1. The van der Waals surface area contributed by atoms with Crippen molar-refractivity contribution in [2.24, 2.45) is 0 Å². The van der Waals surface area contributed by atoms with E-state index in [2.05, 4.69) is 16.0 Å². The molecular weight excluding hydrogens is 372 g/mol. The fourth-order valence-corrected chi connectivity index (χ4v) is 2.53. The number of nitrogens with zero attached hydrogens (tertiary/aromatic N) is 1. The second kappa shape index (κ2) is 11.5. The lowest BCUT2D eigenvalue weighted by molar-refractivity contribution is -0.121. The molecule has 2 aromatic carbocycles. The van der Waals surface area contributed by atoms with E-state index in [9.17, 15) is 14.4 Å². The number of hydrogen-bond donors (Lipinski definition) is 3. The molecule has 0 fully saturated rings. The zero-order valence-corrected chi connectivity index (χ0v) is 16.6. The minimum Gasteiger partial charge on any atom is -0.497 e. The molecule has 0 bridgehead atoms. The van der Waals surface area contributed by atoms with E-state index in [4.69, 9.17) is 4.74 Å². The van der Waals surface area contributed by atoms with Crippen LogP contribution in [0.5, 0.6) is 5.75 Å². The third kappa shape index (κ3) is 8.44. The molecular formula is C21H26N4O4. The fourth-order valence-electron chi connectivity index (χ4n) is 2.53. The minimum absolute atomic E-state index is 0.0989. The molecule has 2 aromatic rings. The second-order valence-electron chi connectivity index (χ2n) is 6.48. The Morgan fingerprint density at radius 2 is 1.76 bits per heavy atom. The van der Waals surface area contributed by atoms with E-state index in [0.717, 1.165) is 5.56 Å². The first-order chi connectivity index (χ1) is 14.0. The number of benzene rings is 2. The van der Waals surface area contributed by atoms with Gasteiger partial charge in [-0.25, -0.2) is 4.79 Å². The van der Waals surface area contributed by atoms with Gasteiger partial charge in [0.2, 0.25) is 11.8 Å². The van der Waals surface area contributed by atoms with Gasteiger partial charge in [0.05, 0.1) is 13.7 Å². The number of likely N-dealkylation sites (N-methyl/N-ethyl adjacent to an activating group) is 1. The Morgan fingerprint density at radius 1 is 1.00 bits per heavy atom. The van der Waals surface area contributed by atoms with E-state index in [0.29, 0.717) is 24.5 Å². The Kier molecular flexibility index (Phi) is 8.65. The molecule has 154 valence electrons. The lowest BCUT2D eigenvalue weighted by Gasteiger charge is -2.16. The highest BCUT2D eigenvalue weighted by Crippen LogP contribution is 2.16. The molecule has 0 aliphatic carbocycles. The summed E-state index contributed by atoms with van der Waals surface area (Å²) >= 11 is 0. The quantitative estimate of drug-likeness (QED) is 0.600. The predicted octanol–water partition coefficient (Wildman–Crippen LogP) is 1.98. The number of amides is 4. The van der Waals surface area contributed by atoms with Crippen LogP contribution in [0.15, 0.2) is 54.6 Å². The highest BCUT2D eigenvalue weighted by molar-refractivity contribution is 5.94. The number of imide groups is 1. The van der Waals surface area contributed by atoms with Crippen molar-refractivity contribution >= 4 is 23.5 Å². The summed E-state index contributed by atoms with van der Waals surface area (Å²) in [6.07, 6.45) is 0.0989. The molecule has 0 unspecified atom stereocenters. The van der Waals surface area contributed by atoms with Crippen LogP contribution >= 0.6 is 0 Å². The minimum atomic E-state index is -0.544. The summed E-state index contributed by atoms with van der Waals surface area (Å²) in [6.45, 7) is 0.790. The summed E-state index contributed by atoms with van der Waals surface area (Å²) in [4.78, 5) is 37.5. The molecule has 3 N–H and O–H groups in total. The zero-order valence-electron chi connectivity index (χ0n) is 16.6.